The van der Waals surface area contributed by atoms with Gasteiger partial charge in [-0.15, -0.1) is 0 Å². The molecule has 0 aliphatic heterocycles. The Hall–Kier alpha value is -4.01. The normalized spacial score (nSPS) is 10.9. The number of fused-ring (bicyclic) bond motifs is 1. The Balaban J connectivity index is 1.62. The second-order valence-corrected chi connectivity index (χ2v) is 6.83. The lowest BCUT2D eigenvalue weighted by Gasteiger charge is -2.12. The predicted molar refractivity (Wildman–Crippen MR) is 113 cm³/mol. The minimum atomic E-state index is -0.894. The first-order valence-corrected chi connectivity index (χ1v) is 9.27. The molecule has 156 valence electrons. The lowest BCUT2D eigenvalue weighted by atomic mass is 10.1. The number of nitroso groups, excluding NO2 is 1. The van der Waals surface area contributed by atoms with Gasteiger partial charge in [0.15, 0.2) is 0 Å². The van der Waals surface area contributed by atoms with Gasteiger partial charge in [0, 0.05) is 40.9 Å². The van der Waals surface area contributed by atoms with E-state index in [0.29, 0.717) is 11.1 Å². The van der Waals surface area contributed by atoms with E-state index < -0.39 is 29.6 Å². The SMILES string of the molecule is Nc1ccc(-c2cc(F)c(CN=O)c(F)c2)nc1NCc1cc2cccnc2cc1F. The predicted octanol–water partition coefficient (Wildman–Crippen LogP) is 5.17. The van der Waals surface area contributed by atoms with E-state index in [1.807, 2.05) is 6.07 Å². The molecular formula is C22H16F3N5O. The zero-order chi connectivity index (χ0) is 22.0. The first-order chi connectivity index (χ1) is 15.0. The molecule has 3 N–H and O–H groups in total. The fraction of sp³-hybridized carbons (Fsp3) is 0.0909. The smallest absolute Gasteiger partial charge is 0.150 e. The summed E-state index contributed by atoms with van der Waals surface area (Å²) >= 11 is 0. The van der Waals surface area contributed by atoms with Gasteiger partial charge in [-0.05, 0) is 36.4 Å². The quantitative estimate of drug-likeness (QED) is 0.417. The largest absolute Gasteiger partial charge is 0.396 e. The summed E-state index contributed by atoms with van der Waals surface area (Å²) in [7, 11) is 0. The number of halogens is 3. The average Bonchev–Trinajstić information content (AvgIpc) is 2.75. The van der Waals surface area contributed by atoms with E-state index in [0.717, 1.165) is 17.5 Å². The van der Waals surface area contributed by atoms with Crippen LogP contribution >= 0.6 is 0 Å². The van der Waals surface area contributed by atoms with Crippen molar-refractivity contribution in [1.82, 2.24) is 9.97 Å². The summed E-state index contributed by atoms with van der Waals surface area (Å²) in [6.45, 7) is -0.517. The van der Waals surface area contributed by atoms with Crippen LogP contribution in [-0.2, 0) is 13.1 Å². The van der Waals surface area contributed by atoms with E-state index in [1.54, 1.807) is 18.3 Å². The van der Waals surface area contributed by atoms with E-state index in [-0.39, 0.29) is 29.3 Å². The Labute approximate surface area is 174 Å². The number of benzene rings is 2. The molecule has 0 fully saturated rings. The van der Waals surface area contributed by atoms with Crippen LogP contribution in [-0.4, -0.2) is 9.97 Å². The van der Waals surface area contributed by atoms with Crippen LogP contribution in [0.1, 0.15) is 11.1 Å². The van der Waals surface area contributed by atoms with Gasteiger partial charge < -0.3 is 11.1 Å². The topological polar surface area (TPSA) is 93.3 Å². The molecule has 6 nitrogen and oxygen atoms in total. The Bertz CT molecular complexity index is 1270. The van der Waals surface area contributed by atoms with Gasteiger partial charge in [0.1, 0.15) is 29.8 Å². The monoisotopic (exact) mass is 423 g/mol. The number of nitrogen functional groups attached to an aromatic ring is 1. The number of hydrogen-bond acceptors (Lipinski definition) is 6. The van der Waals surface area contributed by atoms with Crippen LogP contribution in [0.5, 0.6) is 0 Å². The van der Waals surface area contributed by atoms with Crippen LogP contribution < -0.4 is 11.1 Å². The highest BCUT2D eigenvalue weighted by molar-refractivity contribution is 5.79. The summed E-state index contributed by atoms with van der Waals surface area (Å²) < 4.78 is 42.7. The highest BCUT2D eigenvalue weighted by Crippen LogP contribution is 2.27. The lowest BCUT2D eigenvalue weighted by molar-refractivity contribution is 0.557. The van der Waals surface area contributed by atoms with Gasteiger partial charge in [0.25, 0.3) is 0 Å². The molecule has 0 unspecified atom stereocenters. The van der Waals surface area contributed by atoms with Crippen molar-refractivity contribution < 1.29 is 13.2 Å². The molecule has 0 aliphatic rings. The van der Waals surface area contributed by atoms with Crippen LogP contribution in [0.15, 0.2) is 59.9 Å². The molecule has 2 aromatic heterocycles. The standard InChI is InChI=1S/C22H16F3N5O/c23-16-9-21-12(2-1-5-27-21)6-14(16)10-28-22-19(26)3-4-20(30-22)13-7-17(24)15(11-29-31)18(25)8-13/h1-9H,10-11,26H2,(H,28,30). The molecule has 0 bridgehead atoms. The van der Waals surface area contributed by atoms with Gasteiger partial charge in [-0.25, -0.2) is 18.2 Å². The minimum Gasteiger partial charge on any atom is -0.396 e. The summed E-state index contributed by atoms with van der Waals surface area (Å²) in [6, 6.07) is 11.8. The van der Waals surface area contributed by atoms with Crippen molar-refractivity contribution in [2.75, 3.05) is 11.1 Å². The van der Waals surface area contributed by atoms with Gasteiger partial charge in [-0.3, -0.25) is 4.98 Å². The number of rotatable bonds is 6. The molecule has 0 saturated heterocycles. The Kier molecular flexibility index (Phi) is 5.48. The van der Waals surface area contributed by atoms with Crippen molar-refractivity contribution in [3.05, 3.63) is 88.2 Å². The van der Waals surface area contributed by atoms with Gasteiger partial charge >= 0.3 is 0 Å². The third kappa shape index (κ3) is 4.16. The van der Waals surface area contributed by atoms with Crippen molar-refractivity contribution in [2.24, 2.45) is 5.18 Å². The van der Waals surface area contributed by atoms with Crippen molar-refractivity contribution in [3.63, 3.8) is 0 Å². The number of hydrogen-bond donors (Lipinski definition) is 2. The third-order valence-electron chi connectivity index (χ3n) is 4.80. The maximum Gasteiger partial charge on any atom is 0.150 e. The van der Waals surface area contributed by atoms with E-state index in [4.69, 9.17) is 5.73 Å². The van der Waals surface area contributed by atoms with Crippen LogP contribution in [0.25, 0.3) is 22.2 Å². The van der Waals surface area contributed by atoms with Crippen molar-refractivity contribution in [2.45, 2.75) is 13.1 Å². The zero-order valence-electron chi connectivity index (χ0n) is 16.1. The first-order valence-electron chi connectivity index (χ1n) is 9.27. The molecule has 4 aromatic rings. The summed E-state index contributed by atoms with van der Waals surface area (Å²) in [6.07, 6.45) is 1.59. The molecular weight excluding hydrogens is 407 g/mol. The molecule has 2 heterocycles. The van der Waals surface area contributed by atoms with Gasteiger partial charge in [0.05, 0.1) is 16.9 Å². The summed E-state index contributed by atoms with van der Waals surface area (Å²) in [4.78, 5) is 18.8. The average molecular weight is 423 g/mol. The highest BCUT2D eigenvalue weighted by atomic mass is 19.1. The van der Waals surface area contributed by atoms with E-state index in [2.05, 4.69) is 20.5 Å². The maximum atomic E-state index is 14.4. The molecule has 4 rings (SSSR count). The molecule has 0 atom stereocenters. The highest BCUT2D eigenvalue weighted by Gasteiger charge is 2.14. The lowest BCUT2D eigenvalue weighted by Crippen LogP contribution is -2.07. The molecule has 0 aliphatic carbocycles. The Morgan fingerprint density at radius 3 is 2.52 bits per heavy atom. The number of anilines is 2. The molecule has 31 heavy (non-hydrogen) atoms. The minimum absolute atomic E-state index is 0.0873. The van der Waals surface area contributed by atoms with Crippen molar-refractivity contribution >= 4 is 22.4 Å². The van der Waals surface area contributed by atoms with Gasteiger partial charge in [-0.1, -0.05) is 11.2 Å². The van der Waals surface area contributed by atoms with Crippen molar-refractivity contribution in [3.8, 4) is 11.3 Å². The fourth-order valence-electron chi connectivity index (χ4n) is 3.20. The number of nitrogens with two attached hydrogens (primary N) is 1. The number of nitrogens with zero attached hydrogens (tertiary/aromatic N) is 3. The van der Waals surface area contributed by atoms with E-state index in [9.17, 15) is 18.1 Å². The fourth-order valence-corrected chi connectivity index (χ4v) is 3.20. The van der Waals surface area contributed by atoms with Crippen LogP contribution in [0.3, 0.4) is 0 Å². The summed E-state index contributed by atoms with van der Waals surface area (Å²) in [5, 5.41) is 6.28. The van der Waals surface area contributed by atoms with Crippen LogP contribution in [0.2, 0.25) is 0 Å². The van der Waals surface area contributed by atoms with Gasteiger partial charge in [-0.2, -0.15) is 4.91 Å². The van der Waals surface area contributed by atoms with Crippen molar-refractivity contribution in [1.29, 1.82) is 0 Å². The molecule has 0 amide bonds. The van der Waals surface area contributed by atoms with E-state index in [1.165, 1.54) is 18.2 Å². The number of nitrogens with one attached hydrogen (secondary N) is 1. The Morgan fingerprint density at radius 1 is 1.00 bits per heavy atom. The van der Waals surface area contributed by atoms with E-state index >= 15 is 0 Å². The molecule has 0 radical (unpaired) electrons. The van der Waals surface area contributed by atoms with Crippen LogP contribution in [0, 0.1) is 22.4 Å². The maximum absolute atomic E-state index is 14.4. The summed E-state index contributed by atoms with van der Waals surface area (Å²) in [5.74, 6) is -1.98. The number of pyridine rings is 2. The molecule has 0 saturated carbocycles. The summed E-state index contributed by atoms with van der Waals surface area (Å²) in [5.41, 5.74) is 7.18. The second kappa shape index (κ2) is 8.39. The van der Waals surface area contributed by atoms with Gasteiger partial charge in [0.2, 0.25) is 0 Å². The molecule has 2 aromatic carbocycles. The second-order valence-electron chi connectivity index (χ2n) is 6.83. The molecule has 9 heteroatoms. The number of aromatic nitrogens is 2. The van der Waals surface area contributed by atoms with Crippen LogP contribution in [0.4, 0.5) is 24.7 Å². The zero-order valence-corrected chi connectivity index (χ0v) is 16.1. The molecule has 0 spiro atoms. The first kappa shape index (κ1) is 20.3. The Morgan fingerprint density at radius 2 is 1.77 bits per heavy atom. The third-order valence-corrected chi connectivity index (χ3v) is 4.80.